The molecule has 0 bridgehead atoms. The SMILES string of the molecule is O=S1(=O)CCCC(NC2=NC3CCCCC3CS2)C1. The second kappa shape index (κ2) is 5.64. The number of nitrogens with one attached hydrogen (secondary N) is 1. The summed E-state index contributed by atoms with van der Waals surface area (Å²) in [6, 6.07) is 0.558. The first kappa shape index (κ1) is 13.7. The van der Waals surface area contributed by atoms with Crippen LogP contribution in [-0.2, 0) is 9.84 Å². The third kappa shape index (κ3) is 3.45. The summed E-state index contributed by atoms with van der Waals surface area (Å²) in [6.45, 7) is 0. The van der Waals surface area contributed by atoms with Gasteiger partial charge in [0.1, 0.15) is 0 Å². The summed E-state index contributed by atoms with van der Waals surface area (Å²) >= 11 is 1.79. The van der Waals surface area contributed by atoms with Crippen LogP contribution in [0.1, 0.15) is 38.5 Å². The Labute approximate surface area is 119 Å². The topological polar surface area (TPSA) is 58.5 Å². The quantitative estimate of drug-likeness (QED) is 0.802. The molecular weight excluding hydrogens is 280 g/mol. The number of nitrogens with zero attached hydrogens (tertiary/aromatic N) is 1. The third-order valence-electron chi connectivity index (χ3n) is 4.38. The van der Waals surface area contributed by atoms with Gasteiger partial charge in [-0.3, -0.25) is 4.99 Å². The van der Waals surface area contributed by atoms with Gasteiger partial charge in [0, 0.05) is 11.8 Å². The van der Waals surface area contributed by atoms with Gasteiger partial charge in [0.2, 0.25) is 0 Å². The number of sulfone groups is 1. The molecule has 0 aromatic rings. The number of aliphatic imine (C=N–C) groups is 1. The molecule has 1 N–H and O–H groups in total. The molecule has 1 saturated carbocycles. The van der Waals surface area contributed by atoms with Crippen LogP contribution in [0.4, 0.5) is 0 Å². The molecule has 108 valence electrons. The molecule has 3 unspecified atom stereocenters. The number of thioether (sulfide) groups is 1. The number of fused-ring (bicyclic) bond motifs is 1. The van der Waals surface area contributed by atoms with E-state index < -0.39 is 9.84 Å². The van der Waals surface area contributed by atoms with Gasteiger partial charge in [-0.25, -0.2) is 8.42 Å². The molecule has 2 fully saturated rings. The minimum Gasteiger partial charge on any atom is -0.361 e. The molecule has 3 rings (SSSR count). The normalized spacial score (nSPS) is 38.1. The van der Waals surface area contributed by atoms with Gasteiger partial charge < -0.3 is 5.32 Å². The molecule has 6 heteroatoms. The van der Waals surface area contributed by atoms with E-state index in [2.05, 4.69) is 5.32 Å². The summed E-state index contributed by atoms with van der Waals surface area (Å²) in [5.41, 5.74) is 0. The monoisotopic (exact) mass is 302 g/mol. The zero-order valence-electron chi connectivity index (χ0n) is 11.2. The molecule has 19 heavy (non-hydrogen) atoms. The van der Waals surface area contributed by atoms with Gasteiger partial charge in [0.15, 0.2) is 15.0 Å². The molecule has 2 heterocycles. The lowest BCUT2D eigenvalue weighted by atomic mass is 9.86. The summed E-state index contributed by atoms with van der Waals surface area (Å²) in [6.07, 6.45) is 6.89. The maximum Gasteiger partial charge on any atom is 0.157 e. The lowest BCUT2D eigenvalue weighted by molar-refractivity contribution is 0.335. The summed E-state index contributed by atoms with van der Waals surface area (Å²) in [4.78, 5) is 4.82. The van der Waals surface area contributed by atoms with E-state index in [0.29, 0.717) is 11.8 Å². The Morgan fingerprint density at radius 1 is 1.16 bits per heavy atom. The van der Waals surface area contributed by atoms with Crippen LogP contribution in [0.25, 0.3) is 0 Å². The van der Waals surface area contributed by atoms with Crippen molar-refractivity contribution in [3.05, 3.63) is 0 Å². The van der Waals surface area contributed by atoms with Crippen molar-refractivity contribution in [1.82, 2.24) is 5.32 Å². The fourth-order valence-corrected chi connectivity index (χ4v) is 6.17. The first-order chi connectivity index (χ1) is 9.12. The van der Waals surface area contributed by atoms with Crippen LogP contribution >= 0.6 is 11.8 Å². The van der Waals surface area contributed by atoms with Crippen molar-refractivity contribution in [3.8, 4) is 0 Å². The molecule has 1 aliphatic carbocycles. The molecule has 3 atom stereocenters. The Morgan fingerprint density at radius 3 is 2.84 bits per heavy atom. The van der Waals surface area contributed by atoms with Crippen molar-refractivity contribution < 1.29 is 8.42 Å². The van der Waals surface area contributed by atoms with Crippen molar-refractivity contribution >= 4 is 26.8 Å². The maximum absolute atomic E-state index is 11.6. The summed E-state index contributed by atoms with van der Waals surface area (Å²) in [7, 11) is -2.83. The zero-order chi connectivity index (χ0) is 13.3. The van der Waals surface area contributed by atoms with Crippen molar-refractivity contribution in [2.45, 2.75) is 50.6 Å². The Kier molecular flexibility index (Phi) is 4.08. The maximum atomic E-state index is 11.6. The average molecular weight is 302 g/mol. The smallest absolute Gasteiger partial charge is 0.157 e. The van der Waals surface area contributed by atoms with E-state index in [9.17, 15) is 8.42 Å². The lowest BCUT2D eigenvalue weighted by Gasteiger charge is -2.34. The molecule has 0 radical (unpaired) electrons. The molecule has 3 aliphatic rings. The Hall–Kier alpha value is -0.230. The van der Waals surface area contributed by atoms with Crippen LogP contribution in [0.3, 0.4) is 0 Å². The Morgan fingerprint density at radius 2 is 2.00 bits per heavy atom. The molecule has 1 saturated heterocycles. The van der Waals surface area contributed by atoms with E-state index in [4.69, 9.17) is 4.99 Å². The van der Waals surface area contributed by atoms with Crippen LogP contribution in [0.2, 0.25) is 0 Å². The summed E-state index contributed by atoms with van der Waals surface area (Å²) in [5, 5.41) is 4.37. The summed E-state index contributed by atoms with van der Waals surface area (Å²) in [5.74, 6) is 2.53. The second-order valence-corrected chi connectivity index (χ2v) is 9.19. The highest BCUT2D eigenvalue weighted by Gasteiger charge is 2.31. The molecule has 0 spiro atoms. The van der Waals surface area contributed by atoms with Gasteiger partial charge in [-0.2, -0.15) is 0 Å². The molecule has 0 amide bonds. The fraction of sp³-hybridized carbons (Fsp3) is 0.923. The van der Waals surface area contributed by atoms with E-state index in [1.54, 1.807) is 11.8 Å². The molecular formula is C13H22N2O2S2. The van der Waals surface area contributed by atoms with Gasteiger partial charge in [0.05, 0.1) is 17.5 Å². The first-order valence-corrected chi connectivity index (χ1v) is 10.1. The molecule has 0 aromatic carbocycles. The number of hydrogen-bond acceptors (Lipinski definition) is 5. The van der Waals surface area contributed by atoms with Gasteiger partial charge in [-0.1, -0.05) is 24.6 Å². The fourth-order valence-electron chi connectivity index (χ4n) is 3.32. The first-order valence-electron chi connectivity index (χ1n) is 7.30. The Bertz CT molecular complexity index is 461. The minimum absolute atomic E-state index is 0.0742. The highest BCUT2D eigenvalue weighted by Crippen LogP contribution is 2.33. The molecule has 4 nitrogen and oxygen atoms in total. The second-order valence-electron chi connectivity index (χ2n) is 5.95. The zero-order valence-corrected chi connectivity index (χ0v) is 12.8. The molecule has 0 aromatic heterocycles. The Balaban J connectivity index is 1.62. The van der Waals surface area contributed by atoms with Crippen molar-refractivity contribution in [2.24, 2.45) is 10.9 Å². The van der Waals surface area contributed by atoms with Gasteiger partial charge in [-0.05, 0) is 31.6 Å². The lowest BCUT2D eigenvalue weighted by Crippen LogP contribution is -2.44. The van der Waals surface area contributed by atoms with Crippen LogP contribution in [0.15, 0.2) is 4.99 Å². The van der Waals surface area contributed by atoms with Crippen LogP contribution < -0.4 is 5.32 Å². The predicted octanol–water partition coefficient (Wildman–Crippen LogP) is 1.81. The van der Waals surface area contributed by atoms with E-state index in [1.807, 2.05) is 0 Å². The third-order valence-corrected chi connectivity index (χ3v) is 7.29. The van der Waals surface area contributed by atoms with Crippen LogP contribution in [0.5, 0.6) is 0 Å². The number of rotatable bonds is 1. The van der Waals surface area contributed by atoms with Gasteiger partial charge >= 0.3 is 0 Å². The number of hydrogen-bond donors (Lipinski definition) is 1. The van der Waals surface area contributed by atoms with Gasteiger partial charge in [-0.15, -0.1) is 0 Å². The van der Waals surface area contributed by atoms with E-state index in [0.717, 1.165) is 29.7 Å². The minimum atomic E-state index is -2.83. The van der Waals surface area contributed by atoms with E-state index >= 15 is 0 Å². The van der Waals surface area contributed by atoms with Crippen molar-refractivity contribution in [1.29, 1.82) is 0 Å². The molecule has 2 aliphatic heterocycles. The highest BCUT2D eigenvalue weighted by atomic mass is 32.2. The largest absolute Gasteiger partial charge is 0.361 e. The van der Waals surface area contributed by atoms with E-state index in [1.165, 1.54) is 25.7 Å². The van der Waals surface area contributed by atoms with Gasteiger partial charge in [0.25, 0.3) is 0 Å². The van der Waals surface area contributed by atoms with E-state index in [-0.39, 0.29) is 11.8 Å². The van der Waals surface area contributed by atoms with Crippen LogP contribution in [-0.4, -0.2) is 42.9 Å². The average Bonchev–Trinajstić information content (AvgIpc) is 2.37. The van der Waals surface area contributed by atoms with Crippen LogP contribution in [0, 0.1) is 5.92 Å². The standard InChI is InChI=1S/C13H22N2O2S2/c16-19(17)7-3-5-11(9-19)14-13-15-12-6-2-1-4-10(12)8-18-13/h10-12H,1-9H2,(H,14,15). The summed E-state index contributed by atoms with van der Waals surface area (Å²) < 4.78 is 23.3. The van der Waals surface area contributed by atoms with Crippen molar-refractivity contribution in [2.75, 3.05) is 17.3 Å². The predicted molar refractivity (Wildman–Crippen MR) is 80.5 cm³/mol. The van der Waals surface area contributed by atoms with Crippen molar-refractivity contribution in [3.63, 3.8) is 0 Å². The highest BCUT2D eigenvalue weighted by molar-refractivity contribution is 8.13. The number of amidine groups is 1.